The van der Waals surface area contributed by atoms with Gasteiger partial charge in [0.2, 0.25) is 0 Å². The molecule has 1 heterocycles. The summed E-state index contributed by atoms with van der Waals surface area (Å²) in [5.74, 6) is 0.379. The molecule has 0 spiro atoms. The van der Waals surface area contributed by atoms with Gasteiger partial charge in [0.25, 0.3) is 0 Å². The predicted molar refractivity (Wildman–Crippen MR) is 124 cm³/mol. The second-order valence-corrected chi connectivity index (χ2v) is 10.4. The summed E-state index contributed by atoms with van der Waals surface area (Å²) in [5.41, 5.74) is 18.9. The average molecular weight is 475 g/mol. The Bertz CT molecular complexity index is 589. The first kappa shape index (κ1) is 27.2. The molecule has 12 unspecified atom stereocenters. The normalized spacial score (nSPS) is 46.9. The maximum absolute atomic E-state index is 11.1. The second-order valence-electron chi connectivity index (χ2n) is 10.4. The van der Waals surface area contributed by atoms with Crippen LogP contribution in [0.2, 0.25) is 0 Å². The molecule has 1 saturated heterocycles. The van der Waals surface area contributed by atoms with Gasteiger partial charge in [-0.15, -0.1) is 0 Å². The summed E-state index contributed by atoms with van der Waals surface area (Å²) < 4.78 is 17.6. The van der Waals surface area contributed by atoms with Gasteiger partial charge in [0, 0.05) is 37.3 Å². The Morgan fingerprint density at radius 2 is 1.67 bits per heavy atom. The number of aliphatic hydroxyl groups excluding tert-OH is 3. The first-order valence-corrected chi connectivity index (χ1v) is 12.6. The number of hydrogen-bond donors (Lipinski definition) is 7. The maximum Gasteiger partial charge on any atom is 0.0992 e. The van der Waals surface area contributed by atoms with Crippen LogP contribution in [-0.2, 0) is 14.2 Å². The van der Waals surface area contributed by atoms with Gasteiger partial charge >= 0.3 is 0 Å². The highest BCUT2D eigenvalue weighted by Crippen LogP contribution is 2.32. The Morgan fingerprint density at radius 1 is 0.939 bits per heavy atom. The van der Waals surface area contributed by atoms with E-state index in [1.807, 2.05) is 0 Å². The zero-order chi connectivity index (χ0) is 24.1. The van der Waals surface area contributed by atoms with Crippen LogP contribution in [0.3, 0.4) is 0 Å². The van der Waals surface area contributed by atoms with Crippen molar-refractivity contribution in [3.63, 3.8) is 0 Å². The lowest BCUT2D eigenvalue weighted by Crippen LogP contribution is -2.61. The molecule has 0 radical (unpaired) electrons. The molecule has 10 N–H and O–H groups in total. The SMILES string of the molecule is CNC1C(O)COC(CCOCCC2C(N)CC(N)C(OC3CC(C)CCC3N)C2O)C1O. The number of aliphatic hydroxyl groups is 3. The van der Waals surface area contributed by atoms with Gasteiger partial charge < -0.3 is 52.0 Å². The molecule has 0 aromatic carbocycles. The molecule has 10 nitrogen and oxygen atoms in total. The lowest BCUT2D eigenvalue weighted by atomic mass is 9.76. The summed E-state index contributed by atoms with van der Waals surface area (Å²) in [6.07, 6.45) is 1.33. The van der Waals surface area contributed by atoms with E-state index < -0.39 is 36.6 Å². The van der Waals surface area contributed by atoms with E-state index >= 15 is 0 Å². The molecule has 0 aromatic heterocycles. The van der Waals surface area contributed by atoms with Crippen molar-refractivity contribution in [2.24, 2.45) is 29.0 Å². The number of rotatable bonds is 9. The van der Waals surface area contributed by atoms with Crippen molar-refractivity contribution in [2.75, 3.05) is 26.9 Å². The Hall–Kier alpha value is -0.400. The lowest BCUT2D eigenvalue weighted by molar-refractivity contribution is -0.149. The minimum absolute atomic E-state index is 0.0287. The maximum atomic E-state index is 11.1. The Kier molecular flexibility index (Phi) is 10.3. The standard InChI is InChI=1S/C23H46N4O6/c1-12-3-4-14(24)19(9-12)33-23-16(26)10-15(25)13(21(23)29)5-7-31-8-6-18-22(30)20(27-2)17(28)11-32-18/h12-23,27-30H,3-11,24-26H2,1-2H3. The van der Waals surface area contributed by atoms with E-state index in [9.17, 15) is 15.3 Å². The monoisotopic (exact) mass is 474 g/mol. The van der Waals surface area contributed by atoms with Crippen LogP contribution in [0, 0.1) is 11.8 Å². The van der Waals surface area contributed by atoms with Crippen LogP contribution in [0.5, 0.6) is 0 Å². The van der Waals surface area contributed by atoms with E-state index in [2.05, 4.69) is 12.2 Å². The smallest absolute Gasteiger partial charge is 0.0992 e. The van der Waals surface area contributed by atoms with Gasteiger partial charge in [0.15, 0.2) is 0 Å². The molecule has 0 bridgehead atoms. The highest BCUT2D eigenvalue weighted by atomic mass is 16.5. The van der Waals surface area contributed by atoms with Gasteiger partial charge in [-0.05, 0) is 51.5 Å². The summed E-state index contributed by atoms with van der Waals surface area (Å²) in [4.78, 5) is 0. The first-order chi connectivity index (χ1) is 15.7. The highest BCUT2D eigenvalue weighted by Gasteiger charge is 2.44. The van der Waals surface area contributed by atoms with Crippen molar-refractivity contribution < 1.29 is 29.5 Å². The van der Waals surface area contributed by atoms with Crippen molar-refractivity contribution in [3.05, 3.63) is 0 Å². The molecule has 3 fully saturated rings. The summed E-state index contributed by atoms with van der Waals surface area (Å²) in [5, 5.41) is 34.3. The lowest BCUT2D eigenvalue weighted by Gasteiger charge is -2.45. The molecule has 3 rings (SSSR count). The zero-order valence-corrected chi connectivity index (χ0v) is 20.1. The number of nitrogens with two attached hydrogens (primary N) is 3. The fourth-order valence-corrected chi connectivity index (χ4v) is 5.67. The molecule has 0 aromatic rings. The molecule has 194 valence electrons. The molecule has 10 heteroatoms. The molecule has 0 amide bonds. The van der Waals surface area contributed by atoms with Crippen molar-refractivity contribution >= 4 is 0 Å². The summed E-state index contributed by atoms with van der Waals surface area (Å²) >= 11 is 0. The minimum atomic E-state index is -0.802. The van der Waals surface area contributed by atoms with Crippen LogP contribution >= 0.6 is 0 Å². The highest BCUT2D eigenvalue weighted by molar-refractivity contribution is 4.98. The number of nitrogens with one attached hydrogen (secondary N) is 1. The van der Waals surface area contributed by atoms with E-state index in [0.29, 0.717) is 38.4 Å². The largest absolute Gasteiger partial charge is 0.390 e. The third-order valence-corrected chi connectivity index (χ3v) is 7.85. The molecule has 3 aliphatic rings. The minimum Gasteiger partial charge on any atom is -0.390 e. The zero-order valence-electron chi connectivity index (χ0n) is 20.1. The Labute approximate surface area is 197 Å². The van der Waals surface area contributed by atoms with Gasteiger partial charge in [-0.2, -0.15) is 0 Å². The van der Waals surface area contributed by atoms with Crippen molar-refractivity contribution in [2.45, 2.75) is 106 Å². The van der Waals surface area contributed by atoms with E-state index in [-0.39, 0.29) is 36.8 Å². The summed E-state index contributed by atoms with van der Waals surface area (Å²) in [7, 11) is 1.71. The van der Waals surface area contributed by atoms with Gasteiger partial charge in [-0.3, -0.25) is 0 Å². The van der Waals surface area contributed by atoms with Crippen LogP contribution in [0.1, 0.15) is 45.4 Å². The molecule has 2 saturated carbocycles. The number of ether oxygens (including phenoxy) is 3. The van der Waals surface area contributed by atoms with Gasteiger partial charge in [0.05, 0.1) is 49.3 Å². The van der Waals surface area contributed by atoms with Crippen molar-refractivity contribution in [1.29, 1.82) is 0 Å². The predicted octanol–water partition coefficient (Wildman–Crippen LogP) is -1.57. The van der Waals surface area contributed by atoms with Crippen LogP contribution in [-0.4, -0.2) is 103 Å². The van der Waals surface area contributed by atoms with E-state index in [1.165, 1.54) is 0 Å². The van der Waals surface area contributed by atoms with Crippen LogP contribution in [0.25, 0.3) is 0 Å². The van der Waals surface area contributed by atoms with Crippen LogP contribution in [0.15, 0.2) is 0 Å². The van der Waals surface area contributed by atoms with Gasteiger partial charge in [0.1, 0.15) is 0 Å². The van der Waals surface area contributed by atoms with Crippen molar-refractivity contribution in [3.8, 4) is 0 Å². The summed E-state index contributed by atoms with van der Waals surface area (Å²) in [6.45, 7) is 3.22. The molecule has 1 aliphatic heterocycles. The molecule has 12 atom stereocenters. The van der Waals surface area contributed by atoms with Crippen molar-refractivity contribution in [1.82, 2.24) is 5.32 Å². The Balaban J connectivity index is 1.44. The third kappa shape index (κ3) is 6.84. The molecule has 2 aliphatic carbocycles. The van der Waals surface area contributed by atoms with Crippen LogP contribution in [0.4, 0.5) is 0 Å². The Morgan fingerprint density at radius 3 is 2.39 bits per heavy atom. The van der Waals surface area contributed by atoms with Gasteiger partial charge in [-0.1, -0.05) is 6.92 Å². The fourth-order valence-electron chi connectivity index (χ4n) is 5.67. The summed E-state index contributed by atoms with van der Waals surface area (Å²) in [6, 6.07) is -0.990. The van der Waals surface area contributed by atoms with Crippen LogP contribution < -0.4 is 22.5 Å². The molecular weight excluding hydrogens is 428 g/mol. The van der Waals surface area contributed by atoms with E-state index in [4.69, 9.17) is 31.4 Å². The van der Waals surface area contributed by atoms with E-state index in [1.54, 1.807) is 7.05 Å². The molecular formula is C23H46N4O6. The topological polar surface area (TPSA) is 178 Å². The fraction of sp³-hybridized carbons (Fsp3) is 1.00. The average Bonchev–Trinajstić information content (AvgIpc) is 2.77. The van der Waals surface area contributed by atoms with E-state index in [0.717, 1.165) is 19.3 Å². The van der Waals surface area contributed by atoms with Gasteiger partial charge in [-0.25, -0.2) is 0 Å². The molecule has 33 heavy (non-hydrogen) atoms. The quantitative estimate of drug-likeness (QED) is 0.193. The second kappa shape index (κ2) is 12.5. The number of hydrogen-bond acceptors (Lipinski definition) is 10. The number of likely N-dealkylation sites (N-methyl/N-ethyl adjacent to an activating group) is 1. The first-order valence-electron chi connectivity index (χ1n) is 12.6. The third-order valence-electron chi connectivity index (χ3n) is 7.85.